The van der Waals surface area contributed by atoms with Crippen molar-refractivity contribution in [2.24, 2.45) is 4.99 Å². The van der Waals surface area contributed by atoms with Gasteiger partial charge in [0, 0.05) is 18.2 Å². The van der Waals surface area contributed by atoms with Gasteiger partial charge in [0.15, 0.2) is 5.17 Å². The molecule has 1 saturated carbocycles. The molecule has 1 saturated heterocycles. The number of aliphatic imine (C=N–C) groups is 1. The van der Waals surface area contributed by atoms with Crippen molar-refractivity contribution in [3.63, 3.8) is 0 Å². The fraction of sp³-hybridized carbons (Fsp3) is 0.286. The lowest BCUT2D eigenvalue weighted by molar-refractivity contribution is -0.128. The van der Waals surface area contributed by atoms with Crippen molar-refractivity contribution in [1.29, 1.82) is 0 Å². The summed E-state index contributed by atoms with van der Waals surface area (Å²) >= 11 is 1.40. The molecule has 2 aliphatic rings. The van der Waals surface area contributed by atoms with E-state index in [1.165, 1.54) is 11.8 Å². The summed E-state index contributed by atoms with van der Waals surface area (Å²) in [5.74, 6) is -0.149. The largest absolute Gasteiger partial charge is 0.326 e. The fourth-order valence-electron chi connectivity index (χ4n) is 3.06. The summed E-state index contributed by atoms with van der Waals surface area (Å²) in [4.78, 5) is 31.8. The van der Waals surface area contributed by atoms with E-state index >= 15 is 0 Å². The molecule has 2 aromatic carbocycles. The zero-order valence-electron chi connectivity index (χ0n) is 15.1. The number of benzene rings is 2. The molecule has 0 unspecified atom stereocenters. The maximum Gasteiger partial charge on any atom is 0.242 e. The van der Waals surface area contributed by atoms with Gasteiger partial charge in [-0.15, -0.1) is 0 Å². The summed E-state index contributed by atoms with van der Waals surface area (Å²) in [6.45, 7) is 1.95. The molecule has 2 fully saturated rings. The minimum atomic E-state index is -0.419. The van der Waals surface area contributed by atoms with E-state index in [2.05, 4.69) is 10.3 Å². The second kappa shape index (κ2) is 7.56. The average Bonchev–Trinajstić information content (AvgIpc) is 3.44. The van der Waals surface area contributed by atoms with Gasteiger partial charge in [0.05, 0.1) is 5.69 Å². The van der Waals surface area contributed by atoms with E-state index in [4.69, 9.17) is 0 Å². The van der Waals surface area contributed by atoms with E-state index in [1.807, 2.05) is 61.5 Å². The first-order valence-electron chi connectivity index (χ1n) is 9.11. The van der Waals surface area contributed by atoms with E-state index in [9.17, 15) is 9.59 Å². The Kier molecular flexibility index (Phi) is 4.99. The lowest BCUT2D eigenvalue weighted by Gasteiger charge is -2.15. The Balaban J connectivity index is 1.49. The van der Waals surface area contributed by atoms with Crippen molar-refractivity contribution < 1.29 is 9.59 Å². The molecule has 0 bridgehead atoms. The highest BCUT2D eigenvalue weighted by molar-refractivity contribution is 8.15. The molecule has 2 aromatic rings. The van der Waals surface area contributed by atoms with Gasteiger partial charge >= 0.3 is 0 Å². The minimum Gasteiger partial charge on any atom is -0.326 e. The molecule has 2 amide bonds. The number of nitrogens with one attached hydrogen (secondary N) is 1. The van der Waals surface area contributed by atoms with Crippen LogP contribution >= 0.6 is 11.8 Å². The average molecular weight is 379 g/mol. The van der Waals surface area contributed by atoms with Crippen LogP contribution in [-0.2, 0) is 9.59 Å². The van der Waals surface area contributed by atoms with E-state index in [0.717, 1.165) is 29.8 Å². The van der Waals surface area contributed by atoms with Crippen LogP contribution in [0.4, 0.5) is 11.4 Å². The van der Waals surface area contributed by atoms with Crippen molar-refractivity contribution in [3.8, 4) is 0 Å². The van der Waals surface area contributed by atoms with Crippen molar-refractivity contribution in [3.05, 3.63) is 60.2 Å². The third-order valence-corrected chi connectivity index (χ3v) is 5.80. The van der Waals surface area contributed by atoms with Gasteiger partial charge in [-0.2, -0.15) is 0 Å². The minimum absolute atomic E-state index is 0.00267. The second-order valence-corrected chi connectivity index (χ2v) is 8.01. The number of thioether (sulfide) groups is 1. The van der Waals surface area contributed by atoms with Crippen LogP contribution in [0.15, 0.2) is 59.6 Å². The number of rotatable bonds is 5. The normalized spacial score (nSPS) is 20.9. The molecule has 138 valence electrons. The van der Waals surface area contributed by atoms with Crippen LogP contribution in [0.3, 0.4) is 0 Å². The molecule has 6 heteroatoms. The van der Waals surface area contributed by atoms with E-state index in [-0.39, 0.29) is 24.3 Å². The monoisotopic (exact) mass is 379 g/mol. The molecule has 1 heterocycles. The van der Waals surface area contributed by atoms with Crippen LogP contribution in [0.1, 0.15) is 24.8 Å². The lowest BCUT2D eigenvalue weighted by Crippen LogP contribution is -2.35. The van der Waals surface area contributed by atoms with Crippen molar-refractivity contribution in [2.45, 2.75) is 37.5 Å². The number of amides is 2. The summed E-state index contributed by atoms with van der Waals surface area (Å²) in [6, 6.07) is 17.5. The number of carbonyl (C=O) groups excluding carboxylic acids is 2. The van der Waals surface area contributed by atoms with Crippen LogP contribution in [-0.4, -0.2) is 33.2 Å². The van der Waals surface area contributed by atoms with Crippen molar-refractivity contribution in [1.82, 2.24) is 4.90 Å². The van der Waals surface area contributed by atoms with E-state index in [0.29, 0.717) is 5.17 Å². The number of aryl methyl sites for hydroxylation is 1. The third-order valence-electron chi connectivity index (χ3n) is 4.65. The highest BCUT2D eigenvalue weighted by atomic mass is 32.2. The molecule has 5 nitrogen and oxygen atoms in total. The smallest absolute Gasteiger partial charge is 0.242 e. The van der Waals surface area contributed by atoms with Crippen LogP contribution in [0, 0.1) is 6.92 Å². The van der Waals surface area contributed by atoms with E-state index < -0.39 is 5.25 Å². The van der Waals surface area contributed by atoms with E-state index in [1.54, 1.807) is 4.90 Å². The Bertz CT molecular complexity index is 893. The van der Waals surface area contributed by atoms with Gasteiger partial charge in [-0.3, -0.25) is 14.5 Å². The lowest BCUT2D eigenvalue weighted by atomic mass is 10.2. The summed E-state index contributed by atoms with van der Waals surface area (Å²) < 4.78 is 0. The van der Waals surface area contributed by atoms with Gasteiger partial charge in [0.25, 0.3) is 0 Å². The van der Waals surface area contributed by atoms with Gasteiger partial charge in [-0.25, -0.2) is 4.99 Å². The first-order chi connectivity index (χ1) is 13.1. The maximum absolute atomic E-state index is 12.9. The van der Waals surface area contributed by atoms with Crippen LogP contribution in [0.25, 0.3) is 0 Å². The van der Waals surface area contributed by atoms with Gasteiger partial charge < -0.3 is 5.32 Å². The summed E-state index contributed by atoms with van der Waals surface area (Å²) in [5.41, 5.74) is 2.61. The van der Waals surface area contributed by atoms with Crippen LogP contribution in [0.2, 0.25) is 0 Å². The van der Waals surface area contributed by atoms with Crippen LogP contribution < -0.4 is 5.32 Å². The Morgan fingerprint density at radius 1 is 1.15 bits per heavy atom. The number of para-hydroxylation sites is 2. The third kappa shape index (κ3) is 4.06. The first kappa shape index (κ1) is 17.8. The Hall–Kier alpha value is -2.60. The topological polar surface area (TPSA) is 61.8 Å². The van der Waals surface area contributed by atoms with Gasteiger partial charge in [0.1, 0.15) is 5.25 Å². The van der Waals surface area contributed by atoms with Crippen molar-refractivity contribution in [2.75, 3.05) is 5.32 Å². The predicted octanol–water partition coefficient (Wildman–Crippen LogP) is 4.12. The van der Waals surface area contributed by atoms with Crippen molar-refractivity contribution >= 4 is 40.1 Å². The Morgan fingerprint density at radius 2 is 1.85 bits per heavy atom. The molecule has 27 heavy (non-hydrogen) atoms. The quantitative estimate of drug-likeness (QED) is 0.850. The second-order valence-electron chi connectivity index (χ2n) is 6.84. The predicted molar refractivity (Wildman–Crippen MR) is 109 cm³/mol. The highest BCUT2D eigenvalue weighted by Crippen LogP contribution is 2.39. The Morgan fingerprint density at radius 3 is 2.56 bits per heavy atom. The van der Waals surface area contributed by atoms with Crippen LogP contribution in [0.5, 0.6) is 0 Å². The number of carbonyl (C=O) groups is 2. The summed E-state index contributed by atoms with van der Waals surface area (Å²) in [6.07, 6.45) is 2.15. The first-order valence-corrected chi connectivity index (χ1v) is 9.99. The summed E-state index contributed by atoms with van der Waals surface area (Å²) in [5, 5.41) is 3.21. The SMILES string of the molecule is Cc1ccccc1NC(=O)C[C@@H]1SC(=Nc2ccccc2)N(C2CC2)C1=O. The standard InChI is InChI=1S/C21H21N3O2S/c1-14-7-5-6-10-17(14)23-19(25)13-18-20(26)24(16-11-12-16)21(27-18)22-15-8-3-2-4-9-15/h2-10,16,18H,11-13H2,1H3,(H,23,25)/t18-/m0/s1. The molecule has 1 aliphatic heterocycles. The number of hydrogen-bond acceptors (Lipinski definition) is 4. The van der Waals surface area contributed by atoms with Gasteiger partial charge in [-0.05, 0) is 43.5 Å². The van der Waals surface area contributed by atoms with Gasteiger partial charge in [0.2, 0.25) is 11.8 Å². The molecule has 1 atom stereocenters. The van der Waals surface area contributed by atoms with Gasteiger partial charge in [-0.1, -0.05) is 48.2 Å². The maximum atomic E-state index is 12.9. The number of amidine groups is 1. The highest BCUT2D eigenvalue weighted by Gasteiger charge is 2.46. The molecule has 1 N–H and O–H groups in total. The number of anilines is 1. The molecule has 0 radical (unpaired) electrons. The zero-order valence-corrected chi connectivity index (χ0v) is 15.9. The fourth-order valence-corrected chi connectivity index (χ4v) is 4.27. The molecule has 0 spiro atoms. The number of hydrogen-bond donors (Lipinski definition) is 1. The Labute approximate surface area is 162 Å². The number of nitrogens with zero attached hydrogens (tertiary/aromatic N) is 2. The summed E-state index contributed by atoms with van der Waals surface area (Å²) in [7, 11) is 0. The molecule has 1 aliphatic carbocycles. The molecular weight excluding hydrogens is 358 g/mol. The molecular formula is C21H21N3O2S. The zero-order chi connectivity index (χ0) is 18.8. The molecule has 0 aromatic heterocycles. The molecule has 4 rings (SSSR count).